The zero-order valence-corrected chi connectivity index (χ0v) is 16.5. The van der Waals surface area contributed by atoms with E-state index in [0.29, 0.717) is 5.75 Å². The van der Waals surface area contributed by atoms with Crippen molar-refractivity contribution in [3.05, 3.63) is 59.2 Å². The molecule has 0 aliphatic rings. The highest BCUT2D eigenvalue weighted by Crippen LogP contribution is 2.33. The summed E-state index contributed by atoms with van der Waals surface area (Å²) in [6.45, 7) is 11.1. The monoisotopic (exact) mass is 340 g/mol. The van der Waals surface area contributed by atoms with Crippen molar-refractivity contribution in [2.75, 3.05) is 7.11 Å². The van der Waals surface area contributed by atoms with Gasteiger partial charge in [-0.1, -0.05) is 65.0 Å². The van der Waals surface area contributed by atoms with E-state index in [1.807, 2.05) is 18.2 Å². The number of rotatable bonds is 6. The van der Waals surface area contributed by atoms with Crippen LogP contribution >= 0.6 is 0 Å². The van der Waals surface area contributed by atoms with Gasteiger partial charge < -0.3 is 9.84 Å². The topological polar surface area (TPSA) is 29.5 Å². The summed E-state index contributed by atoms with van der Waals surface area (Å²) in [5, 5.41) is 10.4. The first-order chi connectivity index (χ1) is 11.6. The van der Waals surface area contributed by atoms with Gasteiger partial charge in [0.25, 0.3) is 0 Å². The van der Waals surface area contributed by atoms with Crippen LogP contribution in [0.5, 0.6) is 11.5 Å². The number of hydrogen-bond acceptors (Lipinski definition) is 2. The van der Waals surface area contributed by atoms with Gasteiger partial charge in [0.15, 0.2) is 0 Å². The summed E-state index contributed by atoms with van der Waals surface area (Å²) in [5.41, 5.74) is 3.67. The van der Waals surface area contributed by atoms with Crippen molar-refractivity contribution in [3.8, 4) is 11.5 Å². The molecule has 2 aromatic carbocycles. The molecular weight excluding hydrogens is 308 g/mol. The molecule has 0 saturated carbocycles. The maximum atomic E-state index is 10.4. The van der Waals surface area contributed by atoms with Gasteiger partial charge in [-0.15, -0.1) is 0 Å². The highest BCUT2D eigenvalue weighted by atomic mass is 16.5. The van der Waals surface area contributed by atoms with Crippen molar-refractivity contribution in [2.24, 2.45) is 10.8 Å². The van der Waals surface area contributed by atoms with Crippen LogP contribution < -0.4 is 4.74 Å². The largest absolute Gasteiger partial charge is 0.508 e. The number of aromatic hydroxyl groups is 1. The lowest BCUT2D eigenvalue weighted by atomic mass is 9.79. The molecule has 2 aromatic rings. The fourth-order valence-electron chi connectivity index (χ4n) is 3.42. The van der Waals surface area contributed by atoms with Crippen LogP contribution in [0.15, 0.2) is 42.5 Å². The first kappa shape index (κ1) is 19.4. The van der Waals surface area contributed by atoms with Crippen LogP contribution in [-0.2, 0) is 19.3 Å². The van der Waals surface area contributed by atoms with Gasteiger partial charge in [0.05, 0.1) is 7.11 Å². The maximum Gasteiger partial charge on any atom is 0.122 e. The second kappa shape index (κ2) is 7.51. The number of benzene rings is 2. The lowest BCUT2D eigenvalue weighted by molar-refractivity contribution is 0.346. The number of phenolic OH excluding ortho intramolecular Hbond substituents is 1. The Morgan fingerprint density at radius 2 is 1.52 bits per heavy atom. The number of hydrogen-bond donors (Lipinski definition) is 1. The first-order valence-corrected chi connectivity index (χ1v) is 9.02. The molecule has 136 valence electrons. The SMILES string of the molecule is COc1ccccc1CC(C)(C)Cc1ccc(CC(C)(C)C)c(O)c1. The molecule has 0 unspecified atom stereocenters. The molecule has 0 heterocycles. The fraction of sp³-hybridized carbons (Fsp3) is 0.478. The first-order valence-electron chi connectivity index (χ1n) is 9.02. The Morgan fingerprint density at radius 1 is 0.840 bits per heavy atom. The fourth-order valence-corrected chi connectivity index (χ4v) is 3.42. The van der Waals surface area contributed by atoms with Crippen molar-refractivity contribution in [1.82, 2.24) is 0 Å². The van der Waals surface area contributed by atoms with E-state index < -0.39 is 0 Å². The minimum absolute atomic E-state index is 0.0760. The van der Waals surface area contributed by atoms with Crippen LogP contribution in [-0.4, -0.2) is 12.2 Å². The summed E-state index contributed by atoms with van der Waals surface area (Å²) < 4.78 is 5.48. The Hall–Kier alpha value is -1.96. The van der Waals surface area contributed by atoms with E-state index in [-0.39, 0.29) is 10.8 Å². The van der Waals surface area contributed by atoms with E-state index >= 15 is 0 Å². The van der Waals surface area contributed by atoms with Crippen molar-refractivity contribution >= 4 is 0 Å². The molecule has 1 N–H and O–H groups in total. The molecule has 0 saturated heterocycles. The van der Waals surface area contributed by atoms with Crippen LogP contribution in [0.2, 0.25) is 0 Å². The summed E-state index contributed by atoms with van der Waals surface area (Å²) in [4.78, 5) is 0. The van der Waals surface area contributed by atoms with Gasteiger partial charge >= 0.3 is 0 Å². The van der Waals surface area contributed by atoms with Gasteiger partial charge in [0, 0.05) is 0 Å². The highest BCUT2D eigenvalue weighted by molar-refractivity contribution is 5.38. The quantitative estimate of drug-likeness (QED) is 0.720. The van der Waals surface area contributed by atoms with Gasteiger partial charge in [-0.3, -0.25) is 0 Å². The third-order valence-corrected chi connectivity index (χ3v) is 4.41. The van der Waals surface area contributed by atoms with Crippen molar-refractivity contribution in [1.29, 1.82) is 0 Å². The average molecular weight is 341 g/mol. The van der Waals surface area contributed by atoms with Crippen molar-refractivity contribution in [3.63, 3.8) is 0 Å². The van der Waals surface area contributed by atoms with Gasteiger partial charge in [0.1, 0.15) is 11.5 Å². The number of ether oxygens (including phenoxy) is 1. The molecule has 0 aromatic heterocycles. The predicted molar refractivity (Wildman–Crippen MR) is 105 cm³/mol. The highest BCUT2D eigenvalue weighted by Gasteiger charge is 2.22. The van der Waals surface area contributed by atoms with E-state index in [4.69, 9.17) is 4.74 Å². The normalized spacial score (nSPS) is 12.2. The van der Waals surface area contributed by atoms with Gasteiger partial charge in [-0.05, 0) is 58.9 Å². The van der Waals surface area contributed by atoms with Crippen LogP contribution in [0.25, 0.3) is 0 Å². The Kier molecular flexibility index (Phi) is 5.82. The standard InChI is InChI=1S/C23H32O2/c1-22(2,3)15-18-12-11-17(13-20(18)24)14-23(4,5)16-19-9-7-8-10-21(19)25-6/h7-13,24H,14-16H2,1-6H3. The molecule has 0 aliphatic heterocycles. The molecule has 0 fully saturated rings. The summed E-state index contributed by atoms with van der Waals surface area (Å²) in [6, 6.07) is 14.4. The maximum absolute atomic E-state index is 10.4. The van der Waals surface area contributed by atoms with E-state index in [1.165, 1.54) is 11.1 Å². The molecule has 0 amide bonds. The lowest BCUT2D eigenvalue weighted by Crippen LogP contribution is -2.19. The Labute approximate surface area is 152 Å². The Morgan fingerprint density at radius 3 is 2.12 bits per heavy atom. The minimum atomic E-state index is 0.0760. The third-order valence-electron chi connectivity index (χ3n) is 4.41. The van der Waals surface area contributed by atoms with Gasteiger partial charge in [-0.25, -0.2) is 0 Å². The zero-order chi connectivity index (χ0) is 18.7. The molecule has 2 rings (SSSR count). The summed E-state index contributed by atoms with van der Waals surface area (Å²) in [6.07, 6.45) is 2.72. The van der Waals surface area contributed by atoms with Crippen LogP contribution in [0.3, 0.4) is 0 Å². The molecule has 2 heteroatoms. The third kappa shape index (κ3) is 5.81. The van der Waals surface area contributed by atoms with Crippen LogP contribution in [0, 0.1) is 10.8 Å². The molecule has 0 spiro atoms. The van der Waals surface area contributed by atoms with Gasteiger partial charge in [-0.2, -0.15) is 0 Å². The molecule has 0 aliphatic carbocycles. The molecular formula is C23H32O2. The summed E-state index contributed by atoms with van der Waals surface area (Å²) >= 11 is 0. The zero-order valence-electron chi connectivity index (χ0n) is 16.5. The molecule has 0 radical (unpaired) electrons. The number of phenols is 1. The summed E-state index contributed by atoms with van der Waals surface area (Å²) in [7, 11) is 1.72. The molecule has 25 heavy (non-hydrogen) atoms. The predicted octanol–water partition coefficient (Wildman–Crippen LogP) is 5.80. The Bertz CT molecular complexity index is 708. The lowest BCUT2D eigenvalue weighted by Gasteiger charge is -2.26. The average Bonchev–Trinajstić information content (AvgIpc) is 2.48. The van der Waals surface area contributed by atoms with E-state index in [9.17, 15) is 5.11 Å². The molecule has 0 bridgehead atoms. The molecule has 0 atom stereocenters. The molecule has 2 nitrogen and oxygen atoms in total. The number of para-hydroxylation sites is 1. The van der Waals surface area contributed by atoms with Crippen molar-refractivity contribution in [2.45, 2.75) is 53.9 Å². The second-order valence-corrected chi connectivity index (χ2v) is 9.03. The van der Waals surface area contributed by atoms with E-state index in [1.54, 1.807) is 7.11 Å². The van der Waals surface area contributed by atoms with Crippen LogP contribution in [0.1, 0.15) is 51.3 Å². The number of methoxy groups -OCH3 is 1. The minimum Gasteiger partial charge on any atom is -0.508 e. The second-order valence-electron chi connectivity index (χ2n) is 9.03. The van der Waals surface area contributed by atoms with Crippen molar-refractivity contribution < 1.29 is 9.84 Å². The van der Waals surface area contributed by atoms with Crippen LogP contribution in [0.4, 0.5) is 0 Å². The smallest absolute Gasteiger partial charge is 0.122 e. The Balaban J connectivity index is 2.13. The van der Waals surface area contributed by atoms with E-state index in [2.05, 4.69) is 58.9 Å². The van der Waals surface area contributed by atoms with Gasteiger partial charge in [0.2, 0.25) is 0 Å². The van der Waals surface area contributed by atoms with E-state index in [0.717, 1.165) is 30.6 Å². The summed E-state index contributed by atoms with van der Waals surface area (Å²) in [5.74, 6) is 1.36.